The van der Waals surface area contributed by atoms with Gasteiger partial charge in [0, 0.05) is 36.8 Å². The number of benzene rings is 2. The summed E-state index contributed by atoms with van der Waals surface area (Å²) in [5.41, 5.74) is 4.37. The Kier molecular flexibility index (Phi) is 6.79. The smallest absolute Gasteiger partial charge is 0.255 e. The molecule has 1 fully saturated rings. The van der Waals surface area contributed by atoms with Crippen LogP contribution in [0.1, 0.15) is 28.7 Å². The molecule has 0 radical (unpaired) electrons. The van der Waals surface area contributed by atoms with Crippen molar-refractivity contribution in [3.8, 4) is 5.75 Å². The number of hydrogen-bond acceptors (Lipinski definition) is 9. The maximum Gasteiger partial charge on any atom is 0.255 e. The van der Waals surface area contributed by atoms with Crippen LogP contribution in [0.3, 0.4) is 0 Å². The van der Waals surface area contributed by atoms with Crippen molar-refractivity contribution < 1.29 is 34.8 Å². The number of ketones is 2. The molecule has 0 spiro atoms. The summed E-state index contributed by atoms with van der Waals surface area (Å²) < 4.78 is 0. The van der Waals surface area contributed by atoms with Crippen LogP contribution in [-0.4, -0.2) is 82.6 Å². The van der Waals surface area contributed by atoms with E-state index in [1.54, 1.807) is 26.2 Å². The first-order valence-corrected chi connectivity index (χ1v) is 13.2. The number of aliphatic hydroxyl groups excluding tert-OH is 2. The van der Waals surface area contributed by atoms with Crippen molar-refractivity contribution in [3.05, 3.63) is 75.6 Å². The molecule has 41 heavy (non-hydrogen) atoms. The number of carbonyl (C=O) groups is 3. The fraction of sp³-hybridized carbons (Fsp3) is 0.323. The fourth-order valence-electron chi connectivity index (χ4n) is 6.59. The first-order valence-electron chi connectivity index (χ1n) is 13.2. The third-order valence-electron chi connectivity index (χ3n) is 8.46. The van der Waals surface area contributed by atoms with Gasteiger partial charge >= 0.3 is 0 Å². The maximum absolute atomic E-state index is 14.1. The van der Waals surface area contributed by atoms with Gasteiger partial charge in [-0.3, -0.25) is 19.3 Å². The van der Waals surface area contributed by atoms with Crippen LogP contribution in [0.5, 0.6) is 5.75 Å². The van der Waals surface area contributed by atoms with Gasteiger partial charge < -0.3 is 31.1 Å². The first-order chi connectivity index (χ1) is 19.3. The minimum Gasteiger partial charge on any atom is -0.508 e. The average molecular weight is 560 g/mol. The number of Topliss-reactive ketones (excluding diaryl/α,β-unsaturated/α-hetero) is 2. The molecule has 6 N–H and O–H groups in total. The summed E-state index contributed by atoms with van der Waals surface area (Å²) in [5, 5.41) is 45.8. The molecule has 0 bridgehead atoms. The van der Waals surface area contributed by atoms with E-state index in [0.29, 0.717) is 16.8 Å². The second kappa shape index (κ2) is 9.90. The van der Waals surface area contributed by atoms with Gasteiger partial charge in [0.25, 0.3) is 5.91 Å². The molecule has 2 aromatic rings. The summed E-state index contributed by atoms with van der Waals surface area (Å²) in [6.45, 7) is 0. The Morgan fingerprint density at radius 2 is 1.71 bits per heavy atom. The lowest BCUT2D eigenvalue weighted by Crippen LogP contribution is -2.65. The minimum atomic E-state index is -2.67. The van der Waals surface area contributed by atoms with E-state index in [1.165, 1.54) is 4.90 Å². The molecule has 3 aliphatic carbocycles. The number of nitrogens with two attached hydrogens (primary N) is 1. The van der Waals surface area contributed by atoms with Crippen LogP contribution in [0.15, 0.2) is 53.3 Å². The van der Waals surface area contributed by atoms with E-state index in [9.17, 15) is 34.8 Å². The predicted molar refractivity (Wildman–Crippen MR) is 154 cm³/mol. The van der Waals surface area contributed by atoms with Crippen molar-refractivity contribution >= 4 is 41.1 Å². The van der Waals surface area contributed by atoms with Gasteiger partial charge in [-0.15, -0.1) is 0 Å². The number of anilines is 1. The van der Waals surface area contributed by atoms with Crippen molar-refractivity contribution in [1.82, 2.24) is 4.90 Å². The summed E-state index contributed by atoms with van der Waals surface area (Å²) >= 11 is 0. The van der Waals surface area contributed by atoms with E-state index < -0.39 is 58.0 Å². The summed E-state index contributed by atoms with van der Waals surface area (Å²) in [7, 11) is 6.79. The molecule has 10 heteroatoms. The fourth-order valence-corrected chi connectivity index (χ4v) is 6.59. The quantitative estimate of drug-likeness (QED) is 0.273. The zero-order chi connectivity index (χ0) is 30.0. The lowest BCUT2D eigenvalue weighted by Gasteiger charge is -2.50. The Morgan fingerprint density at radius 1 is 1.05 bits per heavy atom. The van der Waals surface area contributed by atoms with E-state index in [-0.39, 0.29) is 29.7 Å². The molecule has 10 nitrogen and oxygen atoms in total. The molecule has 0 unspecified atom stereocenters. The van der Waals surface area contributed by atoms with Gasteiger partial charge in [-0.25, -0.2) is 0 Å². The van der Waals surface area contributed by atoms with E-state index in [2.05, 4.69) is 0 Å². The molecule has 3 aliphatic rings. The SMILES string of the molecule is CN(C)c1cc(/C=C/c2ccccc2)c(O)c2c1C[C@H]1C[C@H]3[C@H](N(C)C)C(=O)C(C(N)=O)=C(O)[C@@]3(O)C(=O)C1=C2O. The van der Waals surface area contributed by atoms with E-state index in [1.807, 2.05) is 55.4 Å². The Labute approximate surface area is 237 Å². The highest BCUT2D eigenvalue weighted by atomic mass is 16.3. The van der Waals surface area contributed by atoms with Gasteiger partial charge in [0.1, 0.15) is 22.8 Å². The van der Waals surface area contributed by atoms with E-state index in [0.717, 1.165) is 5.56 Å². The van der Waals surface area contributed by atoms with Gasteiger partial charge in [0.05, 0.1) is 11.6 Å². The Hall–Kier alpha value is -4.41. The number of aromatic hydroxyl groups is 1. The third-order valence-corrected chi connectivity index (χ3v) is 8.46. The van der Waals surface area contributed by atoms with E-state index in [4.69, 9.17) is 5.73 Å². The third kappa shape index (κ3) is 4.13. The van der Waals surface area contributed by atoms with Crippen molar-refractivity contribution in [1.29, 1.82) is 0 Å². The number of phenolic OH excluding ortho intramolecular Hbond substituents is 1. The van der Waals surface area contributed by atoms with Gasteiger partial charge in [-0.05, 0) is 50.0 Å². The molecule has 4 atom stereocenters. The Morgan fingerprint density at radius 3 is 2.29 bits per heavy atom. The number of fused-ring (bicyclic) bond motifs is 3. The normalized spacial score (nSPS) is 25.9. The maximum atomic E-state index is 14.1. The highest BCUT2D eigenvalue weighted by molar-refractivity contribution is 6.24. The van der Waals surface area contributed by atoms with Crippen LogP contribution in [-0.2, 0) is 20.8 Å². The van der Waals surface area contributed by atoms with Gasteiger partial charge in [-0.2, -0.15) is 0 Å². The molecule has 0 saturated heterocycles. The summed E-state index contributed by atoms with van der Waals surface area (Å²) in [5.74, 6) is -6.70. The van der Waals surface area contributed by atoms with Crippen LogP contribution in [0.25, 0.3) is 17.9 Å². The average Bonchev–Trinajstić information content (AvgIpc) is 2.90. The topological polar surface area (TPSA) is 165 Å². The predicted octanol–water partition coefficient (Wildman–Crippen LogP) is 2.20. The number of carbonyl (C=O) groups excluding carboxylic acids is 3. The standard InChI is InChI=1S/C31H33N3O7/c1-33(2)20-14-16(11-10-15-8-6-5-7-9-15)25(35)22-18(20)12-17-13-19-24(34(3)4)27(37)23(30(32)40)29(39)31(19,41)28(38)21(17)26(22)36/h5-11,14,17,19,24,35-36,39,41H,12-13H2,1-4H3,(H2,32,40)/b11-10+/t17-,19-,24-,31-/m0/s1. The molecule has 214 valence electrons. The number of nitrogens with zero attached hydrogens (tertiary/aromatic N) is 2. The molecule has 0 aliphatic heterocycles. The van der Waals surface area contributed by atoms with Crippen molar-refractivity contribution in [3.63, 3.8) is 0 Å². The Balaban J connectivity index is 1.72. The Bertz CT molecular complexity index is 1570. The molecule has 0 aromatic heterocycles. The van der Waals surface area contributed by atoms with Crippen LogP contribution >= 0.6 is 0 Å². The largest absolute Gasteiger partial charge is 0.508 e. The van der Waals surface area contributed by atoms with E-state index >= 15 is 0 Å². The van der Waals surface area contributed by atoms with Gasteiger partial charge in [0.2, 0.25) is 5.78 Å². The zero-order valence-electron chi connectivity index (χ0n) is 23.3. The van der Waals surface area contributed by atoms with Gasteiger partial charge in [-0.1, -0.05) is 42.5 Å². The molecule has 0 heterocycles. The number of aliphatic hydroxyl groups is 3. The highest BCUT2D eigenvalue weighted by Gasteiger charge is 2.64. The van der Waals surface area contributed by atoms with Crippen molar-refractivity contribution in [2.24, 2.45) is 17.6 Å². The summed E-state index contributed by atoms with van der Waals surface area (Å²) in [6.07, 6.45) is 3.77. The molecular formula is C31H33N3O7. The highest BCUT2D eigenvalue weighted by Crippen LogP contribution is 2.54. The van der Waals surface area contributed by atoms with Crippen molar-refractivity contribution in [2.75, 3.05) is 33.1 Å². The minimum absolute atomic E-state index is 0.0368. The van der Waals surface area contributed by atoms with Crippen LogP contribution in [0, 0.1) is 11.8 Å². The van der Waals surface area contributed by atoms with Gasteiger partial charge in [0.15, 0.2) is 11.4 Å². The van der Waals surface area contributed by atoms with Crippen LogP contribution in [0.2, 0.25) is 0 Å². The molecule has 1 saturated carbocycles. The zero-order valence-corrected chi connectivity index (χ0v) is 23.3. The van der Waals surface area contributed by atoms with Crippen molar-refractivity contribution in [2.45, 2.75) is 24.5 Å². The number of rotatable bonds is 5. The second-order valence-corrected chi connectivity index (χ2v) is 11.3. The second-order valence-electron chi connectivity index (χ2n) is 11.3. The lowest BCUT2D eigenvalue weighted by molar-refractivity contribution is -0.153. The van der Waals surface area contributed by atoms with Crippen LogP contribution in [0.4, 0.5) is 5.69 Å². The summed E-state index contributed by atoms with van der Waals surface area (Å²) in [6, 6.07) is 10.1. The van der Waals surface area contributed by atoms with Crippen LogP contribution < -0.4 is 10.6 Å². The molecule has 1 amide bonds. The molecule has 5 rings (SSSR count). The molecule has 2 aromatic carbocycles. The summed E-state index contributed by atoms with van der Waals surface area (Å²) in [4.78, 5) is 42.8. The monoisotopic (exact) mass is 559 g/mol. The number of hydrogen-bond donors (Lipinski definition) is 5. The number of likely N-dealkylation sites (N-methyl/N-ethyl adjacent to an activating group) is 1. The molecular weight excluding hydrogens is 526 g/mol. The number of primary amides is 1. The number of amides is 1. The lowest BCUT2D eigenvalue weighted by atomic mass is 9.57. The first kappa shape index (κ1) is 28.1. The number of phenols is 1.